The number of methoxy groups -OCH3 is 1. The fraction of sp³-hybridized carbons (Fsp3) is 0.297. The second-order valence-corrected chi connectivity index (χ2v) is 12.4. The summed E-state index contributed by atoms with van der Waals surface area (Å²) in [6.45, 7) is 5.57. The van der Waals surface area contributed by atoms with E-state index < -0.39 is 0 Å². The van der Waals surface area contributed by atoms with Gasteiger partial charge in [0.05, 0.1) is 29.9 Å². The molecule has 240 valence electrons. The molecule has 47 heavy (non-hydrogen) atoms. The molecule has 1 amide bonds. The van der Waals surface area contributed by atoms with Crippen LogP contribution in [-0.4, -0.2) is 70.7 Å². The van der Waals surface area contributed by atoms with Gasteiger partial charge in [-0.05, 0) is 63.6 Å². The van der Waals surface area contributed by atoms with Gasteiger partial charge in [0, 0.05) is 84.1 Å². The third-order valence-electron chi connectivity index (χ3n) is 9.27. The van der Waals surface area contributed by atoms with E-state index in [1.807, 2.05) is 43.7 Å². The zero-order valence-electron chi connectivity index (χ0n) is 27.1. The molecule has 4 heterocycles. The van der Waals surface area contributed by atoms with Crippen molar-refractivity contribution in [3.05, 3.63) is 86.0 Å². The van der Waals surface area contributed by atoms with Gasteiger partial charge in [-0.1, -0.05) is 30.8 Å². The predicted octanol–water partition coefficient (Wildman–Crippen LogP) is 6.90. The number of para-hydroxylation sites is 1. The number of carbonyl (C=O) groups is 1. The first-order valence-electron chi connectivity index (χ1n) is 16.1. The number of amides is 1. The largest absolute Gasteiger partial charge is 0.494 e. The Labute approximate surface area is 275 Å². The third-order valence-corrected chi connectivity index (χ3v) is 9.27. The van der Waals surface area contributed by atoms with E-state index in [1.165, 1.54) is 30.9 Å². The number of nitrogens with zero attached hydrogens (tertiary/aromatic N) is 6. The maximum atomic E-state index is 12.6. The lowest BCUT2D eigenvalue weighted by Gasteiger charge is -2.29. The number of likely N-dealkylation sites (N-methyl/N-ethyl adjacent to an activating group) is 2. The highest BCUT2D eigenvalue weighted by Crippen LogP contribution is 2.43. The number of ether oxygens (including phenoxy) is 1. The number of anilines is 4. The standard InChI is InChI=1S/C37H40N8O2/c1-5-35(46)40-30-18-31(34(47-4)19-33(30)44(3)22-26-11-9-17-43(26)2)41-37-39-21-28(24-10-8-16-38-20-24)36(42-37)29-23-45(25-14-15-25)32-13-7-6-12-27(29)32/h5-8,10,12-13,16,18-21,23,25-26H,1,9,11,14-15,17,22H2,2-4H3,(H,40,46)(H,39,41,42). The van der Waals surface area contributed by atoms with Crippen LogP contribution in [0.3, 0.4) is 0 Å². The average Bonchev–Trinajstić information content (AvgIpc) is 3.76. The van der Waals surface area contributed by atoms with Crippen molar-refractivity contribution >= 4 is 39.8 Å². The molecule has 1 aliphatic heterocycles. The highest BCUT2D eigenvalue weighted by Gasteiger charge is 2.28. The van der Waals surface area contributed by atoms with E-state index in [9.17, 15) is 4.79 Å². The first-order valence-corrected chi connectivity index (χ1v) is 16.1. The Balaban J connectivity index is 1.30. The highest BCUT2D eigenvalue weighted by molar-refractivity contribution is 6.02. The molecular formula is C37H40N8O2. The molecule has 5 aromatic rings. The summed E-state index contributed by atoms with van der Waals surface area (Å²) in [5.74, 6) is 0.721. The van der Waals surface area contributed by atoms with Crippen molar-refractivity contribution in [3.63, 3.8) is 0 Å². The first kappa shape index (κ1) is 30.4. The second-order valence-electron chi connectivity index (χ2n) is 12.4. The summed E-state index contributed by atoms with van der Waals surface area (Å²) in [6.07, 6.45) is 13.6. The molecular weight excluding hydrogens is 588 g/mol. The summed E-state index contributed by atoms with van der Waals surface area (Å²) in [7, 11) is 5.85. The molecule has 0 radical (unpaired) electrons. The molecule has 2 aliphatic rings. The molecule has 2 aromatic carbocycles. The van der Waals surface area contributed by atoms with Gasteiger partial charge in [0.15, 0.2) is 0 Å². The molecule has 1 saturated heterocycles. The molecule has 1 unspecified atom stereocenters. The quantitative estimate of drug-likeness (QED) is 0.152. The number of rotatable bonds is 11. The second kappa shape index (κ2) is 12.9. The minimum Gasteiger partial charge on any atom is -0.494 e. The van der Waals surface area contributed by atoms with Crippen molar-refractivity contribution in [1.82, 2.24) is 24.4 Å². The Morgan fingerprint density at radius 3 is 2.68 bits per heavy atom. The average molecular weight is 629 g/mol. The monoisotopic (exact) mass is 628 g/mol. The predicted molar refractivity (Wildman–Crippen MR) is 188 cm³/mol. The number of fused-ring (bicyclic) bond motifs is 1. The lowest BCUT2D eigenvalue weighted by atomic mass is 10.0. The molecule has 0 spiro atoms. The van der Waals surface area contributed by atoms with E-state index in [0.29, 0.717) is 35.2 Å². The molecule has 2 N–H and O–H groups in total. The summed E-state index contributed by atoms with van der Waals surface area (Å²) in [6, 6.07) is 17.2. The summed E-state index contributed by atoms with van der Waals surface area (Å²) >= 11 is 0. The molecule has 0 bridgehead atoms. The molecule has 3 aromatic heterocycles. The van der Waals surface area contributed by atoms with Crippen LogP contribution in [0.1, 0.15) is 31.7 Å². The van der Waals surface area contributed by atoms with Crippen molar-refractivity contribution in [3.8, 4) is 28.1 Å². The molecule has 10 nitrogen and oxygen atoms in total. The van der Waals surface area contributed by atoms with Crippen molar-refractivity contribution in [2.45, 2.75) is 37.8 Å². The van der Waals surface area contributed by atoms with Crippen molar-refractivity contribution < 1.29 is 9.53 Å². The Bertz CT molecular complexity index is 1930. The number of pyridine rings is 1. The van der Waals surface area contributed by atoms with Gasteiger partial charge in [-0.15, -0.1) is 0 Å². The van der Waals surface area contributed by atoms with Crippen molar-refractivity contribution in [1.29, 1.82) is 0 Å². The fourth-order valence-corrected chi connectivity index (χ4v) is 6.61. The maximum absolute atomic E-state index is 12.6. The van der Waals surface area contributed by atoms with Crippen LogP contribution in [0.15, 0.2) is 86.0 Å². The van der Waals surface area contributed by atoms with Gasteiger partial charge < -0.3 is 29.7 Å². The van der Waals surface area contributed by atoms with E-state index in [2.05, 4.69) is 74.1 Å². The van der Waals surface area contributed by atoms with Crippen LogP contribution >= 0.6 is 0 Å². The number of nitrogens with one attached hydrogen (secondary N) is 2. The zero-order valence-corrected chi connectivity index (χ0v) is 27.1. The zero-order chi connectivity index (χ0) is 32.5. The summed E-state index contributed by atoms with van der Waals surface area (Å²) < 4.78 is 8.27. The normalized spacial score (nSPS) is 16.3. The van der Waals surface area contributed by atoms with Crippen LogP contribution < -0.4 is 20.3 Å². The van der Waals surface area contributed by atoms with Crippen LogP contribution in [0.4, 0.5) is 23.0 Å². The number of hydrogen-bond donors (Lipinski definition) is 2. The number of aromatic nitrogens is 4. The Hall–Kier alpha value is -5.22. The van der Waals surface area contributed by atoms with Crippen molar-refractivity contribution in [2.24, 2.45) is 0 Å². The molecule has 7 rings (SSSR count). The van der Waals surface area contributed by atoms with Gasteiger partial charge in [0.1, 0.15) is 5.75 Å². The molecule has 2 fully saturated rings. The van der Waals surface area contributed by atoms with Crippen molar-refractivity contribution in [2.75, 3.05) is 49.8 Å². The molecule has 10 heteroatoms. The summed E-state index contributed by atoms with van der Waals surface area (Å²) in [5.41, 5.74) is 6.99. The van der Waals surface area contributed by atoms with E-state index in [4.69, 9.17) is 14.7 Å². The summed E-state index contributed by atoms with van der Waals surface area (Å²) in [4.78, 5) is 31.4. The van der Waals surface area contributed by atoms with Gasteiger partial charge >= 0.3 is 0 Å². The van der Waals surface area contributed by atoms with Gasteiger partial charge in [-0.25, -0.2) is 9.97 Å². The molecule has 1 saturated carbocycles. The van der Waals surface area contributed by atoms with E-state index >= 15 is 0 Å². The van der Waals surface area contributed by atoms with Crippen LogP contribution in [0.5, 0.6) is 5.75 Å². The SMILES string of the molecule is C=CC(=O)Nc1cc(Nc2ncc(-c3cccnc3)c(-c3cn(C4CC4)c4ccccc34)n2)c(OC)cc1N(C)CC1CCCN1C. The fourth-order valence-electron chi connectivity index (χ4n) is 6.61. The topological polar surface area (TPSA) is 100 Å². The van der Waals surface area contributed by atoms with Crippen LogP contribution in [0, 0.1) is 0 Å². The van der Waals surface area contributed by atoms with E-state index in [1.54, 1.807) is 13.3 Å². The number of benzene rings is 2. The highest BCUT2D eigenvalue weighted by atomic mass is 16.5. The van der Waals surface area contributed by atoms with Gasteiger partial charge in [-0.2, -0.15) is 0 Å². The molecule has 1 aliphatic carbocycles. The lowest BCUT2D eigenvalue weighted by molar-refractivity contribution is -0.111. The van der Waals surface area contributed by atoms with Gasteiger partial charge in [0.25, 0.3) is 0 Å². The Morgan fingerprint density at radius 1 is 1.11 bits per heavy atom. The first-order chi connectivity index (χ1) is 22.9. The Morgan fingerprint density at radius 2 is 1.96 bits per heavy atom. The summed E-state index contributed by atoms with van der Waals surface area (Å²) in [5, 5.41) is 7.55. The molecule has 1 atom stereocenters. The number of likely N-dealkylation sites (tertiary alicyclic amines) is 1. The third kappa shape index (κ3) is 6.16. The minimum atomic E-state index is -0.292. The number of hydrogen-bond acceptors (Lipinski definition) is 8. The minimum absolute atomic E-state index is 0.292. The van der Waals surface area contributed by atoms with E-state index in [-0.39, 0.29) is 5.91 Å². The van der Waals surface area contributed by atoms with Crippen LogP contribution in [0.2, 0.25) is 0 Å². The smallest absolute Gasteiger partial charge is 0.247 e. The Kier molecular flexibility index (Phi) is 8.34. The van der Waals surface area contributed by atoms with Gasteiger partial charge in [-0.3, -0.25) is 9.78 Å². The van der Waals surface area contributed by atoms with Gasteiger partial charge in [0.2, 0.25) is 11.9 Å². The maximum Gasteiger partial charge on any atom is 0.247 e. The lowest BCUT2D eigenvalue weighted by Crippen LogP contribution is -2.37. The van der Waals surface area contributed by atoms with Crippen LogP contribution in [-0.2, 0) is 4.79 Å². The van der Waals surface area contributed by atoms with Crippen LogP contribution in [0.25, 0.3) is 33.3 Å². The number of carbonyl (C=O) groups excluding carboxylic acids is 1. The van der Waals surface area contributed by atoms with E-state index in [0.717, 1.165) is 53.0 Å².